The van der Waals surface area contributed by atoms with E-state index in [1.165, 1.54) is 10.8 Å². The van der Waals surface area contributed by atoms with Crippen LogP contribution in [0.1, 0.15) is 0 Å². The minimum absolute atomic E-state index is 0.0181. The Balaban J connectivity index is 0.000000144. The van der Waals surface area contributed by atoms with E-state index in [-0.39, 0.29) is 21.5 Å². The van der Waals surface area contributed by atoms with Crippen molar-refractivity contribution >= 4 is 32.3 Å². The lowest BCUT2D eigenvalue weighted by Gasteiger charge is -1.92. The van der Waals surface area contributed by atoms with Crippen LogP contribution in [0.4, 0.5) is 0 Å². The highest BCUT2D eigenvalue weighted by Gasteiger charge is 2.15. The zero-order valence-corrected chi connectivity index (χ0v) is 13.2. The average Bonchev–Trinajstić information content (AvgIpc) is 3.10. The lowest BCUT2D eigenvalue weighted by molar-refractivity contribution is 0.498. The van der Waals surface area contributed by atoms with Crippen LogP contribution in [0.5, 0.6) is 0 Å². The third kappa shape index (κ3) is 2.53. The van der Waals surface area contributed by atoms with Crippen LogP contribution in [0.3, 0.4) is 0 Å². The Kier molecular flexibility index (Phi) is 3.58. The molecule has 0 amide bonds. The van der Waals surface area contributed by atoms with Crippen molar-refractivity contribution in [1.82, 2.24) is 0 Å². The molecule has 0 spiro atoms. The van der Waals surface area contributed by atoms with Crippen molar-refractivity contribution in [2.45, 2.75) is 0 Å². The van der Waals surface area contributed by atoms with Gasteiger partial charge >= 0.3 is 22.5 Å². The first-order valence-corrected chi connectivity index (χ1v) is 7.69. The predicted molar refractivity (Wildman–Crippen MR) is 97.4 cm³/mol. The first-order valence-electron chi connectivity index (χ1n) is 7.69. The number of hydrogen-bond donors (Lipinski definition) is 0. The van der Waals surface area contributed by atoms with E-state index >= 15 is 0 Å². The van der Waals surface area contributed by atoms with Gasteiger partial charge in [0.15, 0.2) is 0 Å². The summed E-state index contributed by atoms with van der Waals surface area (Å²) in [6.45, 7) is 0. The molecule has 0 saturated carbocycles. The molecule has 5 rings (SSSR count). The van der Waals surface area contributed by atoms with Crippen molar-refractivity contribution in [3.05, 3.63) is 102 Å². The molecule has 0 aliphatic rings. The number of rotatable bonds is 0. The quantitative estimate of drug-likeness (QED) is 0.427. The molecule has 0 unspecified atom stereocenters. The molecule has 6 heteroatoms. The summed E-state index contributed by atoms with van der Waals surface area (Å²) in [5.74, 6) is 0. The molecule has 0 bridgehead atoms. The first-order chi connectivity index (χ1) is 12.5. The average molecular weight is 346 g/mol. The van der Waals surface area contributed by atoms with Gasteiger partial charge in [-0.25, -0.2) is 19.2 Å². The van der Waals surface area contributed by atoms with Crippen molar-refractivity contribution < 1.29 is 8.83 Å². The van der Waals surface area contributed by atoms with Gasteiger partial charge in [0.05, 0.1) is 21.5 Å². The molecule has 0 aliphatic carbocycles. The Bertz CT molecular complexity index is 1250. The first kappa shape index (κ1) is 15.7. The van der Waals surface area contributed by atoms with Crippen LogP contribution >= 0.6 is 0 Å². The summed E-state index contributed by atoms with van der Waals surface area (Å²) in [4.78, 5) is 44.7. The molecule has 0 fully saturated rings. The van der Waals surface area contributed by atoms with Crippen molar-refractivity contribution in [3.8, 4) is 0 Å². The second-order valence-corrected chi connectivity index (χ2v) is 5.64. The maximum atomic E-state index is 11.2. The third-order valence-electron chi connectivity index (χ3n) is 4.07. The van der Waals surface area contributed by atoms with Crippen LogP contribution < -0.4 is 22.5 Å². The maximum absolute atomic E-state index is 11.2. The summed E-state index contributed by atoms with van der Waals surface area (Å²) in [5.41, 5.74) is -3.30. The summed E-state index contributed by atoms with van der Waals surface area (Å²) in [7, 11) is 0. The van der Waals surface area contributed by atoms with Crippen LogP contribution in [0.25, 0.3) is 32.3 Å². The van der Waals surface area contributed by atoms with E-state index < -0.39 is 22.5 Å². The van der Waals surface area contributed by atoms with Crippen molar-refractivity contribution in [2.24, 2.45) is 0 Å². The number of benzene rings is 3. The molecule has 0 aliphatic heterocycles. The van der Waals surface area contributed by atoms with Gasteiger partial charge in [-0.3, -0.25) is 0 Å². The molecule has 2 heterocycles. The molecule has 6 nitrogen and oxygen atoms in total. The van der Waals surface area contributed by atoms with Crippen LogP contribution in [-0.2, 0) is 0 Å². The van der Waals surface area contributed by atoms with Crippen LogP contribution in [0.2, 0.25) is 0 Å². The van der Waals surface area contributed by atoms with Crippen molar-refractivity contribution in [2.75, 3.05) is 0 Å². The standard InChI is InChI=1S/C10H2O6.C10H8/c11-7-3-1-4-6(10(14)16-8(4)12)2-5(3)9(13)15-7;1-2-6-10-8-4-3-7-9(10)5-1/h1-2H;1-8H. The molecule has 0 radical (unpaired) electrons. The highest BCUT2D eigenvalue weighted by molar-refractivity contribution is 5.96. The minimum atomic E-state index is -0.824. The fraction of sp³-hybridized carbons (Fsp3) is 0. The molecule has 5 aromatic rings. The van der Waals surface area contributed by atoms with E-state index in [0.717, 1.165) is 12.1 Å². The highest BCUT2D eigenvalue weighted by Crippen LogP contribution is 2.13. The molecule has 0 atom stereocenters. The van der Waals surface area contributed by atoms with E-state index in [9.17, 15) is 19.2 Å². The monoisotopic (exact) mass is 346 g/mol. The lowest BCUT2D eigenvalue weighted by Crippen LogP contribution is -1.96. The number of fused-ring (bicyclic) bond motifs is 3. The van der Waals surface area contributed by atoms with Gasteiger partial charge in [0.1, 0.15) is 0 Å². The van der Waals surface area contributed by atoms with Gasteiger partial charge in [-0.1, -0.05) is 48.5 Å². The van der Waals surface area contributed by atoms with Crippen LogP contribution in [0, 0.1) is 0 Å². The SMILES string of the molecule is O=c1oc(=O)c2cc3c(=O)oc(=O)c3cc12.c1ccc2ccccc2c1. The molecule has 26 heavy (non-hydrogen) atoms. The fourth-order valence-corrected chi connectivity index (χ4v) is 2.80. The Hall–Kier alpha value is -3.80. The Morgan fingerprint density at radius 3 is 1.00 bits per heavy atom. The zero-order valence-electron chi connectivity index (χ0n) is 13.2. The van der Waals surface area contributed by atoms with Gasteiger partial charge < -0.3 is 8.83 Å². The minimum Gasteiger partial charge on any atom is -0.386 e. The lowest BCUT2D eigenvalue weighted by atomic mass is 10.1. The van der Waals surface area contributed by atoms with E-state index in [0.29, 0.717) is 0 Å². The number of furan rings is 2. The van der Waals surface area contributed by atoms with Gasteiger partial charge in [0.2, 0.25) is 0 Å². The van der Waals surface area contributed by atoms with Crippen molar-refractivity contribution in [3.63, 3.8) is 0 Å². The smallest absolute Gasteiger partial charge is 0.346 e. The van der Waals surface area contributed by atoms with E-state index in [4.69, 9.17) is 0 Å². The van der Waals surface area contributed by atoms with Gasteiger partial charge in [-0.2, -0.15) is 0 Å². The van der Waals surface area contributed by atoms with Gasteiger partial charge in [0, 0.05) is 0 Å². The topological polar surface area (TPSA) is 94.6 Å². The summed E-state index contributed by atoms with van der Waals surface area (Å²) in [6, 6.07) is 19.0. The van der Waals surface area contributed by atoms with Gasteiger partial charge in [-0.15, -0.1) is 0 Å². The molecular formula is C20H10O6. The molecular weight excluding hydrogens is 336 g/mol. The molecule has 3 aromatic carbocycles. The molecule has 126 valence electrons. The molecule has 0 N–H and O–H groups in total. The Labute approximate surface area is 144 Å². The molecule has 0 saturated heterocycles. The van der Waals surface area contributed by atoms with E-state index in [1.54, 1.807) is 0 Å². The fourth-order valence-electron chi connectivity index (χ4n) is 2.80. The summed E-state index contributed by atoms with van der Waals surface area (Å²) < 4.78 is 8.68. The normalized spacial score (nSPS) is 10.9. The van der Waals surface area contributed by atoms with Gasteiger partial charge in [-0.05, 0) is 22.9 Å². The van der Waals surface area contributed by atoms with E-state index in [1.807, 2.05) is 0 Å². The summed E-state index contributed by atoms with van der Waals surface area (Å²) in [5, 5.41) is 2.55. The van der Waals surface area contributed by atoms with E-state index in [2.05, 4.69) is 57.4 Å². The summed E-state index contributed by atoms with van der Waals surface area (Å²) in [6.07, 6.45) is 0. The van der Waals surface area contributed by atoms with Gasteiger partial charge in [0.25, 0.3) is 0 Å². The van der Waals surface area contributed by atoms with Crippen LogP contribution in [0.15, 0.2) is 88.7 Å². The number of hydrogen-bond acceptors (Lipinski definition) is 6. The largest absolute Gasteiger partial charge is 0.386 e. The second-order valence-electron chi connectivity index (χ2n) is 5.64. The van der Waals surface area contributed by atoms with Crippen LogP contribution in [-0.4, -0.2) is 0 Å². The molecule has 2 aromatic heterocycles. The highest BCUT2D eigenvalue weighted by atomic mass is 16.4. The third-order valence-corrected chi connectivity index (χ3v) is 4.07. The Morgan fingerprint density at radius 1 is 0.462 bits per heavy atom. The Morgan fingerprint density at radius 2 is 0.731 bits per heavy atom. The zero-order chi connectivity index (χ0) is 18.3. The van der Waals surface area contributed by atoms with Crippen molar-refractivity contribution in [1.29, 1.82) is 0 Å². The second kappa shape index (κ2) is 5.93. The predicted octanol–water partition coefficient (Wildman–Crippen LogP) is 2.34. The summed E-state index contributed by atoms with van der Waals surface area (Å²) >= 11 is 0. The maximum Gasteiger partial charge on any atom is 0.346 e.